The molecule has 0 saturated carbocycles. The molecule has 0 spiro atoms. The Bertz CT molecular complexity index is 560. The van der Waals surface area contributed by atoms with Crippen molar-refractivity contribution in [3.05, 3.63) is 47.5 Å². The summed E-state index contributed by atoms with van der Waals surface area (Å²) in [5, 5.41) is 22.9. The number of methoxy groups -OCH3 is 2. The number of benzene rings is 2. The molecule has 3 N–H and O–H groups in total. The Morgan fingerprint density at radius 3 is 1.57 bits per heavy atom. The average molecular weight is 289 g/mol. The van der Waals surface area contributed by atoms with Crippen LogP contribution in [0.15, 0.2) is 36.4 Å². The Labute approximate surface area is 123 Å². The third-order valence-corrected chi connectivity index (χ3v) is 3.22. The highest BCUT2D eigenvalue weighted by molar-refractivity contribution is 5.41. The summed E-state index contributed by atoms with van der Waals surface area (Å²) in [7, 11) is 3.11. The Kier molecular flexibility index (Phi) is 4.90. The molecule has 2 rings (SSSR count). The molecule has 0 bridgehead atoms. The lowest BCUT2D eigenvalue weighted by Gasteiger charge is -2.10. The number of rotatable bonds is 6. The van der Waals surface area contributed by atoms with E-state index in [0.717, 1.165) is 11.1 Å². The SMILES string of the molecule is COc1ccc(CNCc2ccc(OC)cc2O)c(O)c1. The highest BCUT2D eigenvalue weighted by Crippen LogP contribution is 2.25. The molecule has 5 nitrogen and oxygen atoms in total. The van der Waals surface area contributed by atoms with E-state index in [1.807, 2.05) is 0 Å². The summed E-state index contributed by atoms with van der Waals surface area (Å²) in [6, 6.07) is 10.3. The zero-order chi connectivity index (χ0) is 15.2. The predicted molar refractivity (Wildman–Crippen MR) is 79.9 cm³/mol. The quantitative estimate of drug-likeness (QED) is 0.761. The van der Waals surface area contributed by atoms with Crippen LogP contribution in [0.2, 0.25) is 0 Å². The van der Waals surface area contributed by atoms with E-state index in [2.05, 4.69) is 5.32 Å². The number of hydrogen-bond acceptors (Lipinski definition) is 5. The van der Waals surface area contributed by atoms with Crippen LogP contribution >= 0.6 is 0 Å². The van der Waals surface area contributed by atoms with Gasteiger partial charge in [-0.3, -0.25) is 0 Å². The van der Waals surface area contributed by atoms with E-state index in [-0.39, 0.29) is 11.5 Å². The van der Waals surface area contributed by atoms with Gasteiger partial charge in [0.05, 0.1) is 14.2 Å². The van der Waals surface area contributed by atoms with Crippen molar-refractivity contribution in [2.45, 2.75) is 13.1 Å². The number of aromatic hydroxyl groups is 2. The molecule has 2 aromatic carbocycles. The van der Waals surface area contributed by atoms with Crippen molar-refractivity contribution in [3.63, 3.8) is 0 Å². The molecule has 0 aromatic heterocycles. The van der Waals surface area contributed by atoms with E-state index in [1.54, 1.807) is 50.6 Å². The van der Waals surface area contributed by atoms with Gasteiger partial charge in [-0.05, 0) is 12.1 Å². The molecule has 0 aliphatic rings. The summed E-state index contributed by atoms with van der Waals surface area (Å²) < 4.78 is 10.1. The minimum atomic E-state index is 0.181. The van der Waals surface area contributed by atoms with Crippen LogP contribution in [0.25, 0.3) is 0 Å². The van der Waals surface area contributed by atoms with Gasteiger partial charge in [-0.15, -0.1) is 0 Å². The van der Waals surface area contributed by atoms with Crippen LogP contribution in [0.3, 0.4) is 0 Å². The van der Waals surface area contributed by atoms with Gasteiger partial charge in [0.2, 0.25) is 0 Å². The second-order valence-electron chi connectivity index (χ2n) is 4.59. The molecule has 0 radical (unpaired) electrons. The molecule has 0 heterocycles. The number of hydrogen-bond donors (Lipinski definition) is 3. The van der Waals surface area contributed by atoms with Gasteiger partial charge in [-0.2, -0.15) is 0 Å². The maximum atomic E-state index is 9.86. The normalized spacial score (nSPS) is 10.4. The molecule has 112 valence electrons. The van der Waals surface area contributed by atoms with Crippen LogP contribution in [-0.4, -0.2) is 24.4 Å². The maximum absolute atomic E-state index is 9.86. The van der Waals surface area contributed by atoms with E-state index in [4.69, 9.17) is 9.47 Å². The zero-order valence-electron chi connectivity index (χ0n) is 12.1. The molecular weight excluding hydrogens is 270 g/mol. The fourth-order valence-electron chi connectivity index (χ4n) is 1.97. The largest absolute Gasteiger partial charge is 0.507 e. The van der Waals surface area contributed by atoms with Crippen LogP contribution in [-0.2, 0) is 13.1 Å². The van der Waals surface area contributed by atoms with Crippen molar-refractivity contribution >= 4 is 0 Å². The Morgan fingerprint density at radius 2 is 1.24 bits per heavy atom. The highest BCUT2D eigenvalue weighted by atomic mass is 16.5. The zero-order valence-corrected chi connectivity index (χ0v) is 12.1. The molecule has 0 aliphatic heterocycles. The van der Waals surface area contributed by atoms with E-state index >= 15 is 0 Å². The summed E-state index contributed by atoms with van der Waals surface area (Å²) >= 11 is 0. The number of phenols is 2. The molecule has 0 fully saturated rings. The monoisotopic (exact) mass is 289 g/mol. The van der Waals surface area contributed by atoms with Gasteiger partial charge in [0.1, 0.15) is 23.0 Å². The topological polar surface area (TPSA) is 71.0 Å². The predicted octanol–water partition coefficient (Wildman–Crippen LogP) is 2.40. The van der Waals surface area contributed by atoms with E-state index in [1.165, 1.54) is 0 Å². The number of phenolic OH excluding ortho intramolecular Hbond substituents is 2. The first-order valence-electron chi connectivity index (χ1n) is 6.56. The third kappa shape index (κ3) is 3.79. The first-order valence-corrected chi connectivity index (χ1v) is 6.56. The van der Waals surface area contributed by atoms with Gasteiger partial charge in [0, 0.05) is 36.3 Å². The summed E-state index contributed by atoms with van der Waals surface area (Å²) in [6.07, 6.45) is 0. The lowest BCUT2D eigenvalue weighted by molar-refractivity contribution is 0.405. The number of ether oxygens (including phenoxy) is 2. The second-order valence-corrected chi connectivity index (χ2v) is 4.59. The molecule has 0 unspecified atom stereocenters. The smallest absolute Gasteiger partial charge is 0.123 e. The van der Waals surface area contributed by atoms with E-state index in [0.29, 0.717) is 24.6 Å². The minimum absolute atomic E-state index is 0.181. The molecule has 5 heteroatoms. The van der Waals surface area contributed by atoms with Crippen molar-refractivity contribution in [2.24, 2.45) is 0 Å². The average Bonchev–Trinajstić information content (AvgIpc) is 2.50. The number of nitrogens with one attached hydrogen (secondary N) is 1. The van der Waals surface area contributed by atoms with Gasteiger partial charge in [0.25, 0.3) is 0 Å². The summed E-state index contributed by atoms with van der Waals surface area (Å²) in [4.78, 5) is 0. The van der Waals surface area contributed by atoms with Gasteiger partial charge in [-0.25, -0.2) is 0 Å². The van der Waals surface area contributed by atoms with E-state index < -0.39 is 0 Å². The molecule has 0 aliphatic carbocycles. The molecule has 0 atom stereocenters. The van der Waals surface area contributed by atoms with Crippen LogP contribution in [0.5, 0.6) is 23.0 Å². The minimum Gasteiger partial charge on any atom is -0.507 e. The van der Waals surface area contributed by atoms with Crippen molar-refractivity contribution in [2.75, 3.05) is 14.2 Å². The fourth-order valence-corrected chi connectivity index (χ4v) is 1.97. The standard InChI is InChI=1S/C16H19NO4/c1-20-13-5-3-11(15(18)7-13)9-17-10-12-4-6-14(21-2)8-16(12)19/h3-8,17-19H,9-10H2,1-2H3. The van der Waals surface area contributed by atoms with Crippen LogP contribution in [0.1, 0.15) is 11.1 Å². The molecule has 0 amide bonds. The fraction of sp³-hybridized carbons (Fsp3) is 0.250. The Balaban J connectivity index is 1.95. The highest BCUT2D eigenvalue weighted by Gasteiger charge is 2.05. The summed E-state index contributed by atoms with van der Waals surface area (Å²) in [6.45, 7) is 0.975. The lowest BCUT2D eigenvalue weighted by atomic mass is 10.1. The molecular formula is C16H19NO4. The van der Waals surface area contributed by atoms with Gasteiger partial charge in [0.15, 0.2) is 0 Å². The molecule has 0 saturated heterocycles. The first-order chi connectivity index (χ1) is 10.1. The third-order valence-electron chi connectivity index (χ3n) is 3.22. The Morgan fingerprint density at radius 1 is 0.810 bits per heavy atom. The molecule has 21 heavy (non-hydrogen) atoms. The second kappa shape index (κ2) is 6.85. The van der Waals surface area contributed by atoms with Crippen LogP contribution < -0.4 is 14.8 Å². The van der Waals surface area contributed by atoms with Crippen LogP contribution in [0.4, 0.5) is 0 Å². The van der Waals surface area contributed by atoms with Crippen molar-refractivity contribution in [1.29, 1.82) is 0 Å². The lowest BCUT2D eigenvalue weighted by Crippen LogP contribution is -2.13. The van der Waals surface area contributed by atoms with Gasteiger partial charge < -0.3 is 25.0 Å². The maximum Gasteiger partial charge on any atom is 0.123 e. The first kappa shape index (κ1) is 15.0. The van der Waals surface area contributed by atoms with Crippen molar-refractivity contribution in [1.82, 2.24) is 5.32 Å². The summed E-state index contributed by atoms with van der Waals surface area (Å²) in [5.74, 6) is 1.59. The summed E-state index contributed by atoms with van der Waals surface area (Å²) in [5.41, 5.74) is 1.53. The van der Waals surface area contributed by atoms with Gasteiger partial charge in [-0.1, -0.05) is 12.1 Å². The van der Waals surface area contributed by atoms with E-state index in [9.17, 15) is 10.2 Å². The van der Waals surface area contributed by atoms with Crippen LogP contribution in [0, 0.1) is 0 Å². The molecule has 2 aromatic rings. The van der Waals surface area contributed by atoms with Crippen molar-refractivity contribution < 1.29 is 19.7 Å². The Hall–Kier alpha value is -2.40. The van der Waals surface area contributed by atoms with Crippen molar-refractivity contribution in [3.8, 4) is 23.0 Å². The van der Waals surface area contributed by atoms with Gasteiger partial charge >= 0.3 is 0 Å².